The SMILES string of the molecule is CC1CCN1C(c1ccc(Cl)cc1)c1ccc(Cl)cc1. The van der Waals surface area contributed by atoms with Gasteiger partial charge in [-0.05, 0) is 48.7 Å². The Morgan fingerprint density at radius 2 is 1.35 bits per heavy atom. The maximum Gasteiger partial charge on any atom is 0.0604 e. The summed E-state index contributed by atoms with van der Waals surface area (Å²) in [7, 11) is 0. The lowest BCUT2D eigenvalue weighted by atomic mass is 9.91. The molecule has 1 atom stereocenters. The van der Waals surface area contributed by atoms with E-state index in [4.69, 9.17) is 23.2 Å². The molecule has 0 N–H and O–H groups in total. The average Bonchev–Trinajstić information content (AvgIpc) is 2.45. The van der Waals surface area contributed by atoms with Crippen LogP contribution in [0.15, 0.2) is 48.5 Å². The molecule has 2 aromatic carbocycles. The Morgan fingerprint density at radius 1 is 0.900 bits per heavy atom. The predicted molar refractivity (Wildman–Crippen MR) is 85.5 cm³/mol. The zero-order chi connectivity index (χ0) is 14.1. The van der Waals surface area contributed by atoms with Crippen molar-refractivity contribution in [3.8, 4) is 0 Å². The van der Waals surface area contributed by atoms with E-state index in [0.29, 0.717) is 6.04 Å². The van der Waals surface area contributed by atoms with Gasteiger partial charge in [0.1, 0.15) is 0 Å². The number of nitrogens with zero attached hydrogens (tertiary/aromatic N) is 1. The number of hydrogen-bond donors (Lipinski definition) is 0. The summed E-state index contributed by atoms with van der Waals surface area (Å²) in [4.78, 5) is 2.52. The summed E-state index contributed by atoms with van der Waals surface area (Å²) in [6.45, 7) is 3.42. The van der Waals surface area contributed by atoms with Crippen LogP contribution in [0.1, 0.15) is 30.5 Å². The molecule has 0 saturated carbocycles. The van der Waals surface area contributed by atoms with E-state index in [2.05, 4.69) is 36.1 Å². The molecule has 0 amide bonds. The maximum absolute atomic E-state index is 6.01. The third-order valence-corrected chi connectivity index (χ3v) is 4.58. The fraction of sp³-hybridized carbons (Fsp3) is 0.294. The highest BCUT2D eigenvalue weighted by Gasteiger charge is 2.32. The molecule has 1 heterocycles. The molecular formula is C17H17Cl2N. The van der Waals surface area contributed by atoms with Crippen molar-refractivity contribution in [2.24, 2.45) is 0 Å². The minimum Gasteiger partial charge on any atom is -0.290 e. The Kier molecular flexibility index (Phi) is 4.02. The van der Waals surface area contributed by atoms with Crippen LogP contribution in [0.2, 0.25) is 10.0 Å². The smallest absolute Gasteiger partial charge is 0.0604 e. The Morgan fingerprint density at radius 3 is 1.65 bits per heavy atom. The number of hydrogen-bond acceptors (Lipinski definition) is 1. The Balaban J connectivity index is 1.99. The second-order valence-corrected chi connectivity index (χ2v) is 6.25. The first-order valence-corrected chi connectivity index (χ1v) is 7.67. The maximum atomic E-state index is 6.01. The molecule has 3 heteroatoms. The largest absolute Gasteiger partial charge is 0.290 e. The van der Waals surface area contributed by atoms with E-state index in [1.54, 1.807) is 0 Å². The molecule has 1 fully saturated rings. The Labute approximate surface area is 130 Å². The number of halogens is 2. The van der Waals surface area contributed by atoms with Gasteiger partial charge < -0.3 is 0 Å². The molecule has 0 spiro atoms. The predicted octanol–water partition coefficient (Wildman–Crippen LogP) is 5.18. The first kappa shape index (κ1) is 13.9. The van der Waals surface area contributed by atoms with E-state index < -0.39 is 0 Å². The van der Waals surface area contributed by atoms with Crippen molar-refractivity contribution < 1.29 is 0 Å². The molecule has 0 aliphatic carbocycles. The molecule has 104 valence electrons. The van der Waals surface area contributed by atoms with Gasteiger partial charge in [0.05, 0.1) is 6.04 Å². The zero-order valence-electron chi connectivity index (χ0n) is 11.4. The van der Waals surface area contributed by atoms with Crippen molar-refractivity contribution in [1.29, 1.82) is 0 Å². The van der Waals surface area contributed by atoms with Gasteiger partial charge >= 0.3 is 0 Å². The highest BCUT2D eigenvalue weighted by molar-refractivity contribution is 6.30. The van der Waals surface area contributed by atoms with Crippen LogP contribution in [-0.2, 0) is 0 Å². The quantitative estimate of drug-likeness (QED) is 0.755. The highest BCUT2D eigenvalue weighted by Crippen LogP contribution is 2.36. The molecule has 1 aliphatic heterocycles. The van der Waals surface area contributed by atoms with Gasteiger partial charge in [-0.15, -0.1) is 0 Å². The fourth-order valence-electron chi connectivity index (χ4n) is 2.79. The van der Waals surface area contributed by atoms with Gasteiger partial charge in [-0.2, -0.15) is 0 Å². The van der Waals surface area contributed by atoms with E-state index in [-0.39, 0.29) is 6.04 Å². The van der Waals surface area contributed by atoms with Crippen LogP contribution in [0.4, 0.5) is 0 Å². The third kappa shape index (κ3) is 2.71. The van der Waals surface area contributed by atoms with Crippen molar-refractivity contribution in [1.82, 2.24) is 4.90 Å². The molecule has 0 bridgehead atoms. The van der Waals surface area contributed by atoms with Crippen molar-refractivity contribution in [3.05, 3.63) is 69.7 Å². The topological polar surface area (TPSA) is 3.24 Å². The second-order valence-electron chi connectivity index (χ2n) is 5.38. The lowest BCUT2D eigenvalue weighted by Crippen LogP contribution is -2.48. The van der Waals surface area contributed by atoms with Gasteiger partial charge in [-0.25, -0.2) is 0 Å². The molecule has 2 aromatic rings. The minimum atomic E-state index is 0.285. The van der Waals surface area contributed by atoms with Crippen LogP contribution in [0.5, 0.6) is 0 Å². The van der Waals surface area contributed by atoms with Gasteiger partial charge in [0, 0.05) is 22.6 Å². The van der Waals surface area contributed by atoms with Crippen molar-refractivity contribution in [2.45, 2.75) is 25.4 Å². The van der Waals surface area contributed by atoms with E-state index in [9.17, 15) is 0 Å². The molecule has 0 aromatic heterocycles. The van der Waals surface area contributed by atoms with E-state index >= 15 is 0 Å². The summed E-state index contributed by atoms with van der Waals surface area (Å²) < 4.78 is 0. The number of benzene rings is 2. The molecule has 1 aliphatic rings. The van der Waals surface area contributed by atoms with E-state index in [1.165, 1.54) is 17.5 Å². The van der Waals surface area contributed by atoms with E-state index in [1.807, 2.05) is 24.3 Å². The highest BCUT2D eigenvalue weighted by atomic mass is 35.5. The molecule has 3 rings (SSSR count). The summed E-state index contributed by atoms with van der Waals surface area (Å²) in [5.74, 6) is 0. The standard InChI is InChI=1S/C17H17Cl2N/c1-12-10-11-20(12)17(13-2-6-15(18)7-3-13)14-4-8-16(19)9-5-14/h2-9,12,17H,10-11H2,1H3. The minimum absolute atomic E-state index is 0.285. The van der Waals surface area contributed by atoms with Crippen LogP contribution in [0.3, 0.4) is 0 Å². The molecule has 1 saturated heterocycles. The van der Waals surface area contributed by atoms with Gasteiger partial charge in [0.25, 0.3) is 0 Å². The van der Waals surface area contributed by atoms with Gasteiger partial charge in [-0.3, -0.25) is 4.90 Å². The first-order chi connectivity index (χ1) is 9.65. The molecule has 1 unspecified atom stereocenters. The van der Waals surface area contributed by atoms with Gasteiger partial charge in [0.15, 0.2) is 0 Å². The van der Waals surface area contributed by atoms with Crippen LogP contribution in [-0.4, -0.2) is 17.5 Å². The first-order valence-electron chi connectivity index (χ1n) is 6.92. The summed E-state index contributed by atoms with van der Waals surface area (Å²) in [5, 5.41) is 1.56. The summed E-state index contributed by atoms with van der Waals surface area (Å²) in [6, 6.07) is 17.2. The van der Waals surface area contributed by atoms with Gasteiger partial charge in [-0.1, -0.05) is 47.5 Å². The fourth-order valence-corrected chi connectivity index (χ4v) is 3.04. The van der Waals surface area contributed by atoms with Crippen LogP contribution >= 0.6 is 23.2 Å². The van der Waals surface area contributed by atoms with Crippen LogP contribution in [0.25, 0.3) is 0 Å². The third-order valence-electron chi connectivity index (χ3n) is 4.07. The normalized spacial score (nSPS) is 19.1. The summed E-state index contributed by atoms with van der Waals surface area (Å²) in [5.41, 5.74) is 2.56. The lowest BCUT2D eigenvalue weighted by Gasteiger charge is -2.45. The number of rotatable bonds is 3. The van der Waals surface area contributed by atoms with Gasteiger partial charge in [0.2, 0.25) is 0 Å². The zero-order valence-corrected chi connectivity index (χ0v) is 12.9. The average molecular weight is 306 g/mol. The Bertz CT molecular complexity index is 531. The molecule has 1 nitrogen and oxygen atoms in total. The second kappa shape index (κ2) is 5.77. The molecule has 20 heavy (non-hydrogen) atoms. The molecule has 0 radical (unpaired) electrons. The monoisotopic (exact) mass is 305 g/mol. The summed E-state index contributed by atoms with van der Waals surface area (Å²) in [6.07, 6.45) is 1.26. The van der Waals surface area contributed by atoms with Crippen molar-refractivity contribution >= 4 is 23.2 Å². The Hall–Kier alpha value is -1.02. The lowest BCUT2D eigenvalue weighted by molar-refractivity contribution is 0.0700. The van der Waals surface area contributed by atoms with Crippen molar-refractivity contribution in [3.63, 3.8) is 0 Å². The number of likely N-dealkylation sites (tertiary alicyclic amines) is 1. The van der Waals surface area contributed by atoms with E-state index in [0.717, 1.165) is 16.6 Å². The van der Waals surface area contributed by atoms with Crippen molar-refractivity contribution in [2.75, 3.05) is 6.54 Å². The molecular weight excluding hydrogens is 289 g/mol. The summed E-state index contributed by atoms with van der Waals surface area (Å²) >= 11 is 12.0. The van der Waals surface area contributed by atoms with Crippen LogP contribution < -0.4 is 0 Å². The van der Waals surface area contributed by atoms with Crippen LogP contribution in [0, 0.1) is 0 Å².